The average molecular weight is 183 g/mol. The third-order valence-electron chi connectivity index (χ3n) is 3.04. The van der Waals surface area contributed by atoms with Gasteiger partial charge in [-0.3, -0.25) is 0 Å². The molecule has 1 aliphatic carbocycles. The van der Waals surface area contributed by atoms with E-state index in [-0.39, 0.29) is 5.60 Å². The van der Waals surface area contributed by atoms with Gasteiger partial charge >= 0.3 is 0 Å². The second kappa shape index (κ2) is 4.77. The summed E-state index contributed by atoms with van der Waals surface area (Å²) in [5.41, 5.74) is 0.154. The van der Waals surface area contributed by atoms with E-state index in [1.54, 1.807) is 0 Å². The van der Waals surface area contributed by atoms with E-state index in [2.05, 4.69) is 18.8 Å². The molecule has 1 atom stereocenters. The van der Waals surface area contributed by atoms with Crippen molar-refractivity contribution >= 4 is 0 Å². The Kier molecular flexibility index (Phi) is 3.94. The summed E-state index contributed by atoms with van der Waals surface area (Å²) in [4.78, 5) is 0. The van der Waals surface area contributed by atoms with Gasteiger partial charge in [-0.25, -0.2) is 0 Å². The Balaban J connectivity index is 2.38. The zero-order valence-electron chi connectivity index (χ0n) is 8.81. The van der Waals surface area contributed by atoms with Crippen molar-refractivity contribution < 1.29 is 4.74 Å². The van der Waals surface area contributed by atoms with Crippen LogP contribution in [0, 0.1) is 0 Å². The van der Waals surface area contributed by atoms with E-state index in [4.69, 9.17) is 4.74 Å². The van der Waals surface area contributed by atoms with Gasteiger partial charge in [0.05, 0.1) is 5.60 Å². The van der Waals surface area contributed by atoms with Crippen LogP contribution in [0.25, 0.3) is 0 Å². The molecule has 0 heterocycles. The summed E-state index contributed by atoms with van der Waals surface area (Å²) < 4.78 is 5.56. The number of nitrogens with one attached hydrogen (secondary N) is 1. The summed E-state index contributed by atoms with van der Waals surface area (Å²) in [5, 5.41) is 3.39. The lowest BCUT2D eigenvalue weighted by molar-refractivity contribution is -0.0807. The SMILES string of the molecule is C=CC(CC1(OC)CCC1)NCC. The minimum absolute atomic E-state index is 0.154. The molecule has 0 aromatic heterocycles. The molecule has 1 unspecified atom stereocenters. The Labute approximate surface area is 81.4 Å². The van der Waals surface area contributed by atoms with Gasteiger partial charge in [-0.1, -0.05) is 13.0 Å². The van der Waals surface area contributed by atoms with Gasteiger partial charge in [-0.2, -0.15) is 0 Å². The van der Waals surface area contributed by atoms with Crippen molar-refractivity contribution in [1.82, 2.24) is 5.32 Å². The predicted molar refractivity (Wildman–Crippen MR) is 55.9 cm³/mol. The molecule has 0 radical (unpaired) electrons. The molecule has 1 aliphatic rings. The average Bonchev–Trinajstić information content (AvgIpc) is 2.09. The van der Waals surface area contributed by atoms with Gasteiger partial charge in [0.15, 0.2) is 0 Å². The van der Waals surface area contributed by atoms with Crippen molar-refractivity contribution in [2.45, 2.75) is 44.2 Å². The van der Waals surface area contributed by atoms with Crippen LogP contribution in [-0.4, -0.2) is 25.3 Å². The van der Waals surface area contributed by atoms with Crippen LogP contribution in [0.3, 0.4) is 0 Å². The first-order valence-corrected chi connectivity index (χ1v) is 5.17. The molecule has 0 spiro atoms. The Morgan fingerprint density at radius 2 is 2.31 bits per heavy atom. The monoisotopic (exact) mass is 183 g/mol. The summed E-state index contributed by atoms with van der Waals surface area (Å²) in [7, 11) is 1.82. The topological polar surface area (TPSA) is 21.3 Å². The highest BCUT2D eigenvalue weighted by molar-refractivity contribution is 4.98. The van der Waals surface area contributed by atoms with Crippen molar-refractivity contribution in [2.24, 2.45) is 0 Å². The Bertz CT molecular complexity index is 158. The van der Waals surface area contributed by atoms with Gasteiger partial charge in [-0.05, 0) is 32.2 Å². The number of likely N-dealkylation sites (N-methyl/N-ethyl adjacent to an activating group) is 1. The molecule has 0 aromatic rings. The molecule has 2 nitrogen and oxygen atoms in total. The number of rotatable bonds is 6. The maximum absolute atomic E-state index is 5.56. The molecular formula is C11H21NO. The number of methoxy groups -OCH3 is 1. The second-order valence-corrected chi connectivity index (χ2v) is 3.84. The summed E-state index contributed by atoms with van der Waals surface area (Å²) >= 11 is 0. The van der Waals surface area contributed by atoms with Gasteiger partial charge in [0.1, 0.15) is 0 Å². The van der Waals surface area contributed by atoms with Crippen LogP contribution in [0.2, 0.25) is 0 Å². The molecule has 2 heteroatoms. The van der Waals surface area contributed by atoms with E-state index in [1.807, 2.05) is 13.2 Å². The molecule has 76 valence electrons. The van der Waals surface area contributed by atoms with E-state index in [0.29, 0.717) is 6.04 Å². The highest BCUT2D eigenvalue weighted by atomic mass is 16.5. The highest BCUT2D eigenvalue weighted by Gasteiger charge is 2.38. The van der Waals surface area contributed by atoms with Crippen LogP contribution < -0.4 is 5.32 Å². The van der Waals surface area contributed by atoms with Gasteiger partial charge < -0.3 is 10.1 Å². The van der Waals surface area contributed by atoms with Crippen molar-refractivity contribution in [3.63, 3.8) is 0 Å². The molecule has 1 saturated carbocycles. The molecule has 13 heavy (non-hydrogen) atoms. The summed E-state index contributed by atoms with van der Waals surface area (Å²) in [6, 6.07) is 0.408. The molecule has 0 aromatic carbocycles. The number of hydrogen-bond acceptors (Lipinski definition) is 2. The normalized spacial score (nSPS) is 22.0. The second-order valence-electron chi connectivity index (χ2n) is 3.84. The number of ether oxygens (including phenoxy) is 1. The minimum atomic E-state index is 0.154. The largest absolute Gasteiger partial charge is 0.378 e. The van der Waals surface area contributed by atoms with Crippen molar-refractivity contribution in [2.75, 3.05) is 13.7 Å². The molecule has 0 aliphatic heterocycles. The maximum atomic E-state index is 5.56. The molecule has 1 N–H and O–H groups in total. The van der Waals surface area contributed by atoms with E-state index in [1.165, 1.54) is 19.3 Å². The van der Waals surface area contributed by atoms with Crippen molar-refractivity contribution in [3.05, 3.63) is 12.7 Å². The highest BCUT2D eigenvalue weighted by Crippen LogP contribution is 2.38. The van der Waals surface area contributed by atoms with Crippen LogP contribution in [-0.2, 0) is 4.74 Å². The van der Waals surface area contributed by atoms with Gasteiger partial charge in [-0.15, -0.1) is 6.58 Å². The van der Waals surface area contributed by atoms with Crippen molar-refractivity contribution in [1.29, 1.82) is 0 Å². The Morgan fingerprint density at radius 3 is 2.62 bits per heavy atom. The number of hydrogen-bond donors (Lipinski definition) is 1. The summed E-state index contributed by atoms with van der Waals surface area (Å²) in [5.74, 6) is 0. The first-order valence-electron chi connectivity index (χ1n) is 5.17. The zero-order valence-corrected chi connectivity index (χ0v) is 8.81. The van der Waals surface area contributed by atoms with E-state index in [9.17, 15) is 0 Å². The third-order valence-corrected chi connectivity index (χ3v) is 3.04. The van der Waals surface area contributed by atoms with Crippen molar-refractivity contribution in [3.8, 4) is 0 Å². The predicted octanol–water partition coefficient (Wildman–Crippen LogP) is 2.11. The first-order chi connectivity index (χ1) is 6.26. The lowest BCUT2D eigenvalue weighted by Gasteiger charge is -2.42. The molecular weight excluding hydrogens is 162 g/mol. The van der Waals surface area contributed by atoms with Crippen LogP contribution in [0.1, 0.15) is 32.6 Å². The minimum Gasteiger partial charge on any atom is -0.378 e. The molecule has 0 saturated heterocycles. The van der Waals surface area contributed by atoms with Gasteiger partial charge in [0.2, 0.25) is 0 Å². The van der Waals surface area contributed by atoms with E-state index >= 15 is 0 Å². The molecule has 0 bridgehead atoms. The maximum Gasteiger partial charge on any atom is 0.0696 e. The first kappa shape index (κ1) is 10.7. The lowest BCUT2D eigenvalue weighted by atomic mass is 9.75. The van der Waals surface area contributed by atoms with Crippen LogP contribution in [0.4, 0.5) is 0 Å². The van der Waals surface area contributed by atoms with Gasteiger partial charge in [0, 0.05) is 13.2 Å². The quantitative estimate of drug-likeness (QED) is 0.637. The van der Waals surface area contributed by atoms with Crippen LogP contribution in [0.15, 0.2) is 12.7 Å². The third kappa shape index (κ3) is 2.55. The fourth-order valence-electron chi connectivity index (χ4n) is 1.96. The van der Waals surface area contributed by atoms with E-state index in [0.717, 1.165) is 13.0 Å². The van der Waals surface area contributed by atoms with Crippen LogP contribution in [0.5, 0.6) is 0 Å². The van der Waals surface area contributed by atoms with E-state index < -0.39 is 0 Å². The lowest BCUT2D eigenvalue weighted by Crippen LogP contribution is -2.45. The van der Waals surface area contributed by atoms with Gasteiger partial charge in [0.25, 0.3) is 0 Å². The Hall–Kier alpha value is -0.340. The standard InChI is InChI=1S/C11H21NO/c1-4-10(12-5-2)9-11(13-3)7-6-8-11/h4,10,12H,1,5-9H2,2-3H3. The smallest absolute Gasteiger partial charge is 0.0696 e. The summed E-state index contributed by atoms with van der Waals surface area (Å²) in [6.45, 7) is 6.96. The molecule has 1 rings (SSSR count). The fraction of sp³-hybridized carbons (Fsp3) is 0.818. The summed E-state index contributed by atoms with van der Waals surface area (Å²) in [6.07, 6.45) is 6.78. The fourth-order valence-corrected chi connectivity index (χ4v) is 1.96. The molecule has 0 amide bonds. The zero-order chi connectivity index (χ0) is 9.73. The molecule has 1 fully saturated rings. The van der Waals surface area contributed by atoms with Crippen LogP contribution >= 0.6 is 0 Å². The Morgan fingerprint density at radius 1 is 1.62 bits per heavy atom.